The van der Waals surface area contributed by atoms with Gasteiger partial charge in [0.25, 0.3) is 5.91 Å². The first-order valence-electron chi connectivity index (χ1n) is 5.83. The summed E-state index contributed by atoms with van der Waals surface area (Å²) in [5.41, 5.74) is 1.47. The molecule has 0 atom stereocenters. The minimum Gasteiger partial charge on any atom is -0.355 e. The van der Waals surface area contributed by atoms with E-state index < -0.39 is 0 Å². The first-order chi connectivity index (χ1) is 8.52. The first kappa shape index (κ1) is 14.0. The van der Waals surface area contributed by atoms with E-state index in [-0.39, 0.29) is 17.9 Å². The molecule has 0 heterocycles. The van der Waals surface area contributed by atoms with Crippen molar-refractivity contribution in [3.63, 3.8) is 0 Å². The summed E-state index contributed by atoms with van der Waals surface area (Å²) in [7, 11) is 1.59. The van der Waals surface area contributed by atoms with Crippen molar-refractivity contribution in [1.82, 2.24) is 10.6 Å². The van der Waals surface area contributed by atoms with Crippen LogP contribution in [0.3, 0.4) is 0 Å². The zero-order valence-electron chi connectivity index (χ0n) is 10.9. The highest BCUT2D eigenvalue weighted by Crippen LogP contribution is 2.06. The zero-order chi connectivity index (χ0) is 13.5. The Morgan fingerprint density at radius 1 is 1.17 bits per heavy atom. The Labute approximate surface area is 107 Å². The average Bonchev–Trinajstić information content (AvgIpc) is 2.35. The quantitative estimate of drug-likeness (QED) is 0.792. The fourth-order valence-electron chi connectivity index (χ4n) is 1.39. The van der Waals surface area contributed by atoms with Gasteiger partial charge in [-0.05, 0) is 37.6 Å². The number of rotatable bonds is 4. The summed E-state index contributed by atoms with van der Waals surface area (Å²) >= 11 is 0. The molecular weight excluding hydrogens is 228 g/mol. The van der Waals surface area contributed by atoms with Crippen LogP contribution in [0.25, 0.3) is 6.08 Å². The predicted octanol–water partition coefficient (Wildman–Crippen LogP) is 1.58. The Morgan fingerprint density at radius 3 is 2.28 bits per heavy atom. The van der Waals surface area contributed by atoms with Gasteiger partial charge in [-0.1, -0.05) is 12.1 Å². The third-order valence-corrected chi connectivity index (χ3v) is 2.26. The number of carbonyl (C=O) groups excluding carboxylic acids is 2. The third kappa shape index (κ3) is 4.41. The molecule has 0 fully saturated rings. The van der Waals surface area contributed by atoms with Crippen LogP contribution in [0.4, 0.5) is 0 Å². The smallest absolute Gasteiger partial charge is 0.251 e. The molecule has 0 spiro atoms. The Hall–Kier alpha value is -2.10. The number of nitrogens with one attached hydrogen (secondary N) is 2. The molecule has 18 heavy (non-hydrogen) atoms. The summed E-state index contributed by atoms with van der Waals surface area (Å²) in [6, 6.07) is 7.16. The van der Waals surface area contributed by atoms with Gasteiger partial charge in [0.15, 0.2) is 0 Å². The predicted molar refractivity (Wildman–Crippen MR) is 72.1 cm³/mol. The highest BCUT2D eigenvalue weighted by molar-refractivity contribution is 5.94. The van der Waals surface area contributed by atoms with Gasteiger partial charge in [-0.2, -0.15) is 0 Å². The second-order valence-corrected chi connectivity index (χ2v) is 4.20. The minimum absolute atomic E-state index is 0.122. The molecule has 2 N–H and O–H groups in total. The topological polar surface area (TPSA) is 58.2 Å². The van der Waals surface area contributed by atoms with Gasteiger partial charge in [0, 0.05) is 24.7 Å². The average molecular weight is 246 g/mol. The van der Waals surface area contributed by atoms with Crippen molar-refractivity contribution in [2.24, 2.45) is 0 Å². The molecular formula is C14H18N2O2. The van der Waals surface area contributed by atoms with E-state index in [0.29, 0.717) is 5.56 Å². The second kappa shape index (κ2) is 6.59. The molecule has 0 aliphatic carbocycles. The fraction of sp³-hybridized carbons (Fsp3) is 0.286. The Morgan fingerprint density at radius 2 is 1.78 bits per heavy atom. The Kier molecular flexibility index (Phi) is 5.11. The van der Waals surface area contributed by atoms with Gasteiger partial charge >= 0.3 is 0 Å². The van der Waals surface area contributed by atoms with Crippen molar-refractivity contribution in [2.75, 3.05) is 7.05 Å². The lowest BCUT2D eigenvalue weighted by Crippen LogP contribution is -2.28. The van der Waals surface area contributed by atoms with Crippen molar-refractivity contribution in [3.05, 3.63) is 41.5 Å². The van der Waals surface area contributed by atoms with Crippen LogP contribution in [0, 0.1) is 0 Å². The Bertz CT molecular complexity index is 447. The van der Waals surface area contributed by atoms with Gasteiger partial charge in [0.1, 0.15) is 0 Å². The molecule has 0 saturated heterocycles. The van der Waals surface area contributed by atoms with Crippen LogP contribution in [0.15, 0.2) is 30.3 Å². The molecule has 1 aromatic rings. The van der Waals surface area contributed by atoms with Crippen LogP contribution in [-0.2, 0) is 4.79 Å². The fourth-order valence-corrected chi connectivity index (χ4v) is 1.39. The highest BCUT2D eigenvalue weighted by atomic mass is 16.2. The molecule has 1 aromatic carbocycles. The first-order valence-corrected chi connectivity index (χ1v) is 5.83. The molecule has 4 heteroatoms. The molecule has 4 nitrogen and oxygen atoms in total. The molecule has 1 rings (SSSR count). The van der Waals surface area contributed by atoms with E-state index in [0.717, 1.165) is 5.56 Å². The molecule has 0 aromatic heterocycles. The van der Waals surface area contributed by atoms with Crippen molar-refractivity contribution < 1.29 is 9.59 Å². The van der Waals surface area contributed by atoms with Crippen LogP contribution >= 0.6 is 0 Å². The van der Waals surface area contributed by atoms with Crippen molar-refractivity contribution in [2.45, 2.75) is 19.9 Å². The van der Waals surface area contributed by atoms with Gasteiger partial charge in [0.2, 0.25) is 5.91 Å². The van der Waals surface area contributed by atoms with E-state index in [1.165, 1.54) is 6.08 Å². The summed E-state index contributed by atoms with van der Waals surface area (Å²) in [6.45, 7) is 3.81. The maximum atomic E-state index is 11.4. The van der Waals surface area contributed by atoms with Crippen molar-refractivity contribution >= 4 is 17.9 Å². The van der Waals surface area contributed by atoms with Gasteiger partial charge in [-0.15, -0.1) is 0 Å². The number of amides is 2. The lowest BCUT2D eigenvalue weighted by atomic mass is 10.1. The highest BCUT2D eigenvalue weighted by Gasteiger charge is 2.01. The van der Waals surface area contributed by atoms with E-state index in [1.807, 2.05) is 13.8 Å². The molecule has 0 saturated carbocycles. The second-order valence-electron chi connectivity index (χ2n) is 4.20. The lowest BCUT2D eigenvalue weighted by Gasteiger charge is -2.04. The molecule has 0 bridgehead atoms. The van der Waals surface area contributed by atoms with Gasteiger partial charge < -0.3 is 10.6 Å². The lowest BCUT2D eigenvalue weighted by molar-refractivity contribution is -0.116. The summed E-state index contributed by atoms with van der Waals surface area (Å²) in [6.07, 6.45) is 3.19. The summed E-state index contributed by atoms with van der Waals surface area (Å²) in [5, 5.41) is 5.31. The van der Waals surface area contributed by atoms with Crippen molar-refractivity contribution in [3.8, 4) is 0 Å². The number of carbonyl (C=O) groups is 2. The standard InChI is InChI=1S/C14H18N2O2/c1-10(2)16-13(17)9-6-11-4-7-12(8-5-11)14(18)15-3/h4-10H,1-3H3,(H,15,18)(H,16,17)/b9-6+. The minimum atomic E-state index is -0.125. The van der Waals surface area contributed by atoms with E-state index in [4.69, 9.17) is 0 Å². The van der Waals surface area contributed by atoms with E-state index in [1.54, 1.807) is 37.4 Å². The molecule has 0 unspecified atom stereocenters. The Balaban J connectivity index is 2.66. The number of hydrogen-bond donors (Lipinski definition) is 2. The van der Waals surface area contributed by atoms with Gasteiger partial charge in [-0.25, -0.2) is 0 Å². The zero-order valence-corrected chi connectivity index (χ0v) is 10.9. The van der Waals surface area contributed by atoms with Crippen LogP contribution in [0.5, 0.6) is 0 Å². The largest absolute Gasteiger partial charge is 0.355 e. The molecule has 96 valence electrons. The van der Waals surface area contributed by atoms with E-state index in [2.05, 4.69) is 10.6 Å². The molecule has 2 amide bonds. The summed E-state index contributed by atoms with van der Waals surface area (Å²) in [5.74, 6) is -0.247. The normalized spacial score (nSPS) is 10.7. The number of benzene rings is 1. The summed E-state index contributed by atoms with van der Waals surface area (Å²) in [4.78, 5) is 22.7. The van der Waals surface area contributed by atoms with Gasteiger partial charge in [0.05, 0.1) is 0 Å². The van der Waals surface area contributed by atoms with E-state index >= 15 is 0 Å². The van der Waals surface area contributed by atoms with Crippen molar-refractivity contribution in [1.29, 1.82) is 0 Å². The van der Waals surface area contributed by atoms with Gasteiger partial charge in [-0.3, -0.25) is 9.59 Å². The maximum absolute atomic E-state index is 11.4. The van der Waals surface area contributed by atoms with Crippen LogP contribution in [0.1, 0.15) is 29.8 Å². The molecule has 0 aliphatic rings. The van der Waals surface area contributed by atoms with Crippen LogP contribution in [0.2, 0.25) is 0 Å². The van der Waals surface area contributed by atoms with Crippen LogP contribution < -0.4 is 10.6 Å². The van der Waals surface area contributed by atoms with Crippen LogP contribution in [-0.4, -0.2) is 24.9 Å². The molecule has 0 aliphatic heterocycles. The third-order valence-electron chi connectivity index (χ3n) is 2.26. The monoisotopic (exact) mass is 246 g/mol. The SMILES string of the molecule is CNC(=O)c1ccc(/C=C/C(=O)NC(C)C)cc1. The number of hydrogen-bond acceptors (Lipinski definition) is 2. The van der Waals surface area contributed by atoms with E-state index in [9.17, 15) is 9.59 Å². The maximum Gasteiger partial charge on any atom is 0.251 e. The molecule has 0 radical (unpaired) electrons. The summed E-state index contributed by atoms with van der Waals surface area (Å²) < 4.78 is 0.